The summed E-state index contributed by atoms with van der Waals surface area (Å²) < 4.78 is 29.0. The maximum Gasteiger partial charge on any atom is 0.228 e. The third-order valence-corrected chi connectivity index (χ3v) is 1.81. The van der Waals surface area contributed by atoms with Crippen LogP contribution < -0.4 is 4.74 Å². The Morgan fingerprint density at radius 3 is 3.00 bits per heavy atom. The fourth-order valence-corrected chi connectivity index (χ4v) is 1.02. The molecule has 0 unspecified atom stereocenters. The van der Waals surface area contributed by atoms with Crippen molar-refractivity contribution in [1.29, 1.82) is 0 Å². The van der Waals surface area contributed by atoms with E-state index < -0.39 is 12.8 Å². The third-order valence-electron chi connectivity index (χ3n) is 0.997. The van der Waals surface area contributed by atoms with Crippen molar-refractivity contribution >= 4 is 22.6 Å². The van der Waals surface area contributed by atoms with E-state index in [0.29, 0.717) is 3.57 Å². The van der Waals surface area contributed by atoms with E-state index in [1.165, 1.54) is 6.20 Å². The van der Waals surface area contributed by atoms with E-state index in [-0.39, 0.29) is 5.75 Å². The van der Waals surface area contributed by atoms with E-state index in [0.717, 1.165) is 6.07 Å². The van der Waals surface area contributed by atoms with Crippen LogP contribution in [0.3, 0.4) is 0 Å². The minimum absolute atomic E-state index is 0.181. The second-order valence-electron chi connectivity index (χ2n) is 1.69. The summed E-state index contributed by atoms with van der Waals surface area (Å²) in [7, 11) is 0. The van der Waals surface area contributed by atoms with Crippen LogP contribution in [-0.2, 0) is 0 Å². The van der Waals surface area contributed by atoms with E-state index in [9.17, 15) is 8.78 Å². The van der Waals surface area contributed by atoms with Crippen LogP contribution in [0.15, 0.2) is 12.3 Å². The first-order valence-electron chi connectivity index (χ1n) is 2.74. The van der Waals surface area contributed by atoms with Crippen molar-refractivity contribution in [3.8, 4) is 5.75 Å². The Morgan fingerprint density at radius 2 is 2.36 bits per heavy atom. The molecule has 0 saturated carbocycles. The average molecular weight is 271 g/mol. The minimum Gasteiger partial charge on any atom is -0.462 e. The van der Waals surface area contributed by atoms with Crippen LogP contribution >= 0.6 is 22.6 Å². The normalized spacial score (nSPS) is 9.73. The average Bonchev–Trinajstić information content (AvgIpc) is 1.98. The van der Waals surface area contributed by atoms with Crippen molar-refractivity contribution in [2.75, 3.05) is 6.86 Å². The lowest BCUT2D eigenvalue weighted by atomic mass is 10.4. The molecular formula is C6H4F2INO. The van der Waals surface area contributed by atoms with Crippen LogP contribution in [0.5, 0.6) is 5.75 Å². The standard InChI is InChI=1S/C6H4F2INO/c7-3-11-5-1-6(8)10-2-4(5)9/h1-2H,3H2. The van der Waals surface area contributed by atoms with Crippen molar-refractivity contribution in [3.05, 3.63) is 21.8 Å². The molecule has 0 atom stereocenters. The van der Waals surface area contributed by atoms with Gasteiger partial charge in [-0.15, -0.1) is 0 Å². The molecule has 2 nitrogen and oxygen atoms in total. The largest absolute Gasteiger partial charge is 0.462 e. The summed E-state index contributed by atoms with van der Waals surface area (Å²) in [5, 5.41) is 0. The SMILES string of the molecule is FCOc1cc(F)ncc1I. The number of hydrogen-bond acceptors (Lipinski definition) is 2. The first-order chi connectivity index (χ1) is 5.24. The Balaban J connectivity index is 2.93. The lowest BCUT2D eigenvalue weighted by Gasteiger charge is -2.01. The molecule has 1 aromatic heterocycles. The topological polar surface area (TPSA) is 22.1 Å². The maximum absolute atomic E-state index is 12.4. The van der Waals surface area contributed by atoms with Gasteiger partial charge in [-0.05, 0) is 22.6 Å². The number of ether oxygens (including phenoxy) is 1. The zero-order valence-corrected chi connectivity index (χ0v) is 7.51. The second kappa shape index (κ2) is 3.80. The summed E-state index contributed by atoms with van der Waals surface area (Å²) in [5.74, 6) is -0.491. The zero-order chi connectivity index (χ0) is 8.27. The van der Waals surface area contributed by atoms with Gasteiger partial charge >= 0.3 is 0 Å². The van der Waals surface area contributed by atoms with Crippen molar-refractivity contribution in [3.63, 3.8) is 0 Å². The maximum atomic E-state index is 12.4. The van der Waals surface area contributed by atoms with Crippen molar-refractivity contribution in [1.82, 2.24) is 4.98 Å². The smallest absolute Gasteiger partial charge is 0.228 e. The number of alkyl halides is 1. The molecule has 0 spiro atoms. The second-order valence-corrected chi connectivity index (χ2v) is 2.85. The zero-order valence-electron chi connectivity index (χ0n) is 5.35. The molecule has 0 saturated heterocycles. The molecule has 0 aliphatic heterocycles. The van der Waals surface area contributed by atoms with Gasteiger partial charge in [-0.25, -0.2) is 9.37 Å². The lowest BCUT2D eigenvalue weighted by molar-refractivity contribution is 0.189. The van der Waals surface area contributed by atoms with Gasteiger partial charge in [0.2, 0.25) is 12.8 Å². The van der Waals surface area contributed by atoms with E-state index in [2.05, 4.69) is 9.72 Å². The fraction of sp³-hybridized carbons (Fsp3) is 0.167. The predicted molar refractivity (Wildman–Crippen MR) is 43.5 cm³/mol. The summed E-state index contributed by atoms with van der Waals surface area (Å²) in [6, 6.07) is 1.04. The number of nitrogens with zero attached hydrogens (tertiary/aromatic N) is 1. The number of hydrogen-bond donors (Lipinski definition) is 0. The molecule has 11 heavy (non-hydrogen) atoms. The van der Waals surface area contributed by atoms with Crippen LogP contribution in [0.2, 0.25) is 0 Å². The Hall–Kier alpha value is -0.460. The Labute approximate surface area is 75.7 Å². The molecule has 0 fully saturated rings. The molecule has 0 aromatic carbocycles. The highest BCUT2D eigenvalue weighted by atomic mass is 127. The van der Waals surface area contributed by atoms with E-state index in [4.69, 9.17) is 0 Å². The molecule has 1 heterocycles. The summed E-state index contributed by atoms with van der Waals surface area (Å²) in [6.07, 6.45) is 1.28. The quantitative estimate of drug-likeness (QED) is 0.607. The number of aromatic nitrogens is 1. The minimum atomic E-state index is -0.959. The Morgan fingerprint density at radius 1 is 1.64 bits per heavy atom. The number of rotatable bonds is 2. The van der Waals surface area contributed by atoms with Crippen LogP contribution in [0.25, 0.3) is 0 Å². The van der Waals surface area contributed by atoms with Gasteiger partial charge in [-0.1, -0.05) is 0 Å². The van der Waals surface area contributed by atoms with Gasteiger partial charge in [0.15, 0.2) is 0 Å². The van der Waals surface area contributed by atoms with Gasteiger partial charge in [0.1, 0.15) is 5.75 Å². The molecule has 1 rings (SSSR count). The van der Waals surface area contributed by atoms with Crippen LogP contribution in [0, 0.1) is 9.52 Å². The molecule has 60 valence electrons. The number of pyridine rings is 1. The molecule has 0 aliphatic rings. The third kappa shape index (κ3) is 2.25. The molecule has 0 N–H and O–H groups in total. The van der Waals surface area contributed by atoms with E-state index >= 15 is 0 Å². The van der Waals surface area contributed by atoms with Gasteiger partial charge in [0.25, 0.3) is 0 Å². The van der Waals surface area contributed by atoms with Crippen molar-refractivity contribution < 1.29 is 13.5 Å². The Kier molecular flexibility index (Phi) is 2.98. The van der Waals surface area contributed by atoms with Gasteiger partial charge in [-0.3, -0.25) is 0 Å². The van der Waals surface area contributed by atoms with Crippen LogP contribution in [0.1, 0.15) is 0 Å². The summed E-state index contributed by atoms with van der Waals surface area (Å²) in [6.45, 7) is -0.959. The van der Waals surface area contributed by atoms with Crippen molar-refractivity contribution in [2.24, 2.45) is 0 Å². The highest BCUT2D eigenvalue weighted by molar-refractivity contribution is 14.1. The predicted octanol–water partition coefficient (Wildman–Crippen LogP) is 2.13. The monoisotopic (exact) mass is 271 g/mol. The molecule has 5 heteroatoms. The fourth-order valence-electron chi connectivity index (χ4n) is 0.566. The van der Waals surface area contributed by atoms with Crippen LogP contribution in [0.4, 0.5) is 8.78 Å². The van der Waals surface area contributed by atoms with Gasteiger partial charge < -0.3 is 4.74 Å². The first-order valence-corrected chi connectivity index (χ1v) is 3.81. The lowest BCUT2D eigenvalue weighted by Crippen LogP contribution is -1.94. The molecule has 0 radical (unpaired) electrons. The summed E-state index contributed by atoms with van der Waals surface area (Å²) in [4.78, 5) is 3.34. The molecule has 0 amide bonds. The molecule has 0 aliphatic carbocycles. The molecule has 0 bridgehead atoms. The Bertz CT molecular complexity index is 256. The summed E-state index contributed by atoms with van der Waals surface area (Å²) in [5.41, 5.74) is 0. The van der Waals surface area contributed by atoms with E-state index in [1.807, 2.05) is 22.6 Å². The number of halogens is 3. The molecule has 1 aromatic rings. The van der Waals surface area contributed by atoms with Gasteiger partial charge in [0, 0.05) is 12.3 Å². The summed E-state index contributed by atoms with van der Waals surface area (Å²) >= 11 is 1.88. The first kappa shape index (κ1) is 8.63. The molecular weight excluding hydrogens is 267 g/mol. The highest BCUT2D eigenvalue weighted by Crippen LogP contribution is 2.19. The van der Waals surface area contributed by atoms with Crippen LogP contribution in [-0.4, -0.2) is 11.8 Å². The van der Waals surface area contributed by atoms with Crippen molar-refractivity contribution in [2.45, 2.75) is 0 Å². The highest BCUT2D eigenvalue weighted by Gasteiger charge is 2.02. The van der Waals surface area contributed by atoms with Gasteiger partial charge in [-0.2, -0.15) is 4.39 Å². The van der Waals surface area contributed by atoms with Gasteiger partial charge in [0.05, 0.1) is 3.57 Å². The van der Waals surface area contributed by atoms with E-state index in [1.54, 1.807) is 0 Å².